The summed E-state index contributed by atoms with van der Waals surface area (Å²) >= 11 is 3.16. The molecule has 1 aromatic heterocycles. The second kappa shape index (κ2) is 7.52. The minimum Gasteiger partial charge on any atom is -0.336 e. The Labute approximate surface area is 162 Å². The van der Waals surface area contributed by atoms with Crippen molar-refractivity contribution in [2.24, 2.45) is 0 Å². The van der Waals surface area contributed by atoms with Crippen molar-refractivity contribution in [2.45, 2.75) is 54.8 Å². The van der Waals surface area contributed by atoms with E-state index in [2.05, 4.69) is 23.2 Å². The van der Waals surface area contributed by atoms with Crippen LogP contribution in [-0.2, 0) is 10.2 Å². The van der Waals surface area contributed by atoms with Gasteiger partial charge in [0.1, 0.15) is 0 Å². The number of benzene rings is 1. The Morgan fingerprint density at radius 2 is 2.08 bits per heavy atom. The summed E-state index contributed by atoms with van der Waals surface area (Å²) in [5.74, 6) is 7.17. The van der Waals surface area contributed by atoms with Crippen LogP contribution >= 0.6 is 23.5 Å². The molecule has 0 fully saturated rings. The molecule has 0 radical (unpaired) electrons. The molecule has 140 valence electrons. The van der Waals surface area contributed by atoms with E-state index in [0.29, 0.717) is 16.2 Å². The Kier molecular flexibility index (Phi) is 5.53. The Hall–Kier alpha value is -1.67. The number of anilines is 1. The third-order valence-electron chi connectivity index (χ3n) is 4.20. The second-order valence-electron chi connectivity index (χ2n) is 7.45. The van der Waals surface area contributed by atoms with Crippen molar-refractivity contribution in [2.75, 3.05) is 23.0 Å². The quantitative estimate of drug-likeness (QED) is 0.639. The lowest BCUT2D eigenvalue weighted by atomic mass is 9.96. The fourth-order valence-corrected chi connectivity index (χ4v) is 4.68. The standard InChI is InChI=1S/C18H25N5OS2/c1-12-9-10-22(13-7-5-6-8-14(13)26-12)15(24)11-25-17-21-20-16(23(17)19)18(2,3)4/h5-8,12H,9-11,19H2,1-4H3. The molecule has 1 atom stereocenters. The number of hydrogen-bond donors (Lipinski definition) is 1. The molecule has 6 nitrogen and oxygen atoms in total. The predicted molar refractivity (Wildman–Crippen MR) is 108 cm³/mol. The van der Waals surface area contributed by atoms with E-state index < -0.39 is 0 Å². The molecule has 0 saturated carbocycles. The second-order valence-corrected chi connectivity index (χ2v) is 9.87. The summed E-state index contributed by atoms with van der Waals surface area (Å²) in [6.07, 6.45) is 0.969. The lowest BCUT2D eigenvalue weighted by Gasteiger charge is -2.22. The number of nitrogens with zero attached hydrogens (tertiary/aromatic N) is 4. The van der Waals surface area contributed by atoms with Crippen molar-refractivity contribution in [1.82, 2.24) is 14.9 Å². The van der Waals surface area contributed by atoms with E-state index >= 15 is 0 Å². The highest BCUT2D eigenvalue weighted by molar-refractivity contribution is 8.00. The first-order valence-corrected chi connectivity index (χ1v) is 10.5. The third-order valence-corrected chi connectivity index (χ3v) is 6.37. The molecule has 1 unspecified atom stereocenters. The summed E-state index contributed by atoms with van der Waals surface area (Å²) in [6.45, 7) is 9.04. The van der Waals surface area contributed by atoms with E-state index in [4.69, 9.17) is 5.84 Å². The molecule has 2 aromatic rings. The molecular weight excluding hydrogens is 366 g/mol. The van der Waals surface area contributed by atoms with Crippen LogP contribution in [-0.4, -0.2) is 38.3 Å². The number of thioether (sulfide) groups is 2. The third kappa shape index (κ3) is 4.01. The van der Waals surface area contributed by atoms with Crippen LogP contribution in [0.2, 0.25) is 0 Å². The van der Waals surface area contributed by atoms with Crippen molar-refractivity contribution in [3.05, 3.63) is 30.1 Å². The van der Waals surface area contributed by atoms with Gasteiger partial charge in [0.15, 0.2) is 5.82 Å². The summed E-state index contributed by atoms with van der Waals surface area (Å²) in [5, 5.41) is 9.38. The van der Waals surface area contributed by atoms with Crippen molar-refractivity contribution in [3.8, 4) is 0 Å². The van der Waals surface area contributed by atoms with Gasteiger partial charge in [0.2, 0.25) is 11.1 Å². The van der Waals surface area contributed by atoms with Crippen LogP contribution in [0.3, 0.4) is 0 Å². The molecule has 1 aliphatic heterocycles. The zero-order valence-electron chi connectivity index (χ0n) is 15.6. The lowest BCUT2D eigenvalue weighted by Crippen LogP contribution is -2.33. The Morgan fingerprint density at radius 3 is 2.77 bits per heavy atom. The monoisotopic (exact) mass is 391 g/mol. The van der Waals surface area contributed by atoms with E-state index in [1.165, 1.54) is 16.4 Å². The maximum Gasteiger partial charge on any atom is 0.237 e. The molecule has 1 amide bonds. The predicted octanol–water partition coefficient (Wildman–Crippen LogP) is 3.30. The first-order chi connectivity index (χ1) is 12.3. The molecule has 0 aliphatic carbocycles. The van der Waals surface area contributed by atoms with E-state index in [-0.39, 0.29) is 17.1 Å². The molecular formula is C18H25N5OS2. The van der Waals surface area contributed by atoms with Crippen LogP contribution < -0.4 is 10.7 Å². The van der Waals surface area contributed by atoms with Gasteiger partial charge in [-0.05, 0) is 18.6 Å². The normalized spacial score (nSPS) is 17.7. The van der Waals surface area contributed by atoms with Crippen LogP contribution in [0, 0.1) is 0 Å². The van der Waals surface area contributed by atoms with Gasteiger partial charge in [0, 0.05) is 22.1 Å². The Bertz CT molecular complexity index is 799. The van der Waals surface area contributed by atoms with Crippen molar-refractivity contribution < 1.29 is 4.79 Å². The topological polar surface area (TPSA) is 77.0 Å². The van der Waals surface area contributed by atoms with Crippen molar-refractivity contribution in [3.63, 3.8) is 0 Å². The molecule has 1 aliphatic rings. The van der Waals surface area contributed by atoms with Crippen molar-refractivity contribution in [1.29, 1.82) is 0 Å². The molecule has 8 heteroatoms. The van der Waals surface area contributed by atoms with Crippen LogP contribution in [0.4, 0.5) is 5.69 Å². The molecule has 2 heterocycles. The van der Waals surface area contributed by atoms with Crippen LogP contribution in [0.15, 0.2) is 34.3 Å². The van der Waals surface area contributed by atoms with E-state index in [0.717, 1.165) is 23.5 Å². The highest BCUT2D eigenvalue weighted by Crippen LogP contribution is 2.37. The van der Waals surface area contributed by atoms with E-state index in [1.807, 2.05) is 55.6 Å². The number of amides is 1. The molecule has 3 rings (SSSR count). The molecule has 0 bridgehead atoms. The van der Waals surface area contributed by atoms with Gasteiger partial charge in [-0.2, -0.15) is 0 Å². The average Bonchev–Trinajstić information content (AvgIpc) is 2.86. The summed E-state index contributed by atoms with van der Waals surface area (Å²) in [6, 6.07) is 8.11. The summed E-state index contributed by atoms with van der Waals surface area (Å²) < 4.78 is 1.49. The van der Waals surface area contributed by atoms with E-state index in [1.54, 1.807) is 0 Å². The van der Waals surface area contributed by atoms with Gasteiger partial charge in [-0.1, -0.05) is 51.6 Å². The SMILES string of the molecule is CC1CCN(C(=O)CSc2nnc(C(C)(C)C)n2N)c2ccccc2S1. The Morgan fingerprint density at radius 1 is 1.35 bits per heavy atom. The van der Waals surface area contributed by atoms with Gasteiger partial charge in [-0.25, -0.2) is 4.68 Å². The van der Waals surface area contributed by atoms with Gasteiger partial charge < -0.3 is 10.7 Å². The number of hydrogen-bond acceptors (Lipinski definition) is 6. The molecule has 1 aromatic carbocycles. The number of nitrogen functional groups attached to an aromatic ring is 1. The molecule has 0 saturated heterocycles. The van der Waals surface area contributed by atoms with Crippen LogP contribution in [0.25, 0.3) is 0 Å². The van der Waals surface area contributed by atoms with Gasteiger partial charge in [0.05, 0.1) is 11.4 Å². The Balaban J connectivity index is 1.74. The minimum atomic E-state index is -0.193. The highest BCUT2D eigenvalue weighted by atomic mass is 32.2. The summed E-state index contributed by atoms with van der Waals surface area (Å²) in [7, 11) is 0. The number of carbonyl (C=O) groups excluding carboxylic acids is 1. The average molecular weight is 392 g/mol. The number of para-hydroxylation sites is 1. The minimum absolute atomic E-state index is 0.0671. The number of carbonyl (C=O) groups is 1. The molecule has 2 N–H and O–H groups in total. The number of fused-ring (bicyclic) bond motifs is 1. The number of rotatable bonds is 3. The highest BCUT2D eigenvalue weighted by Gasteiger charge is 2.26. The molecule has 26 heavy (non-hydrogen) atoms. The first-order valence-electron chi connectivity index (χ1n) is 8.67. The fourth-order valence-electron chi connectivity index (χ4n) is 2.84. The van der Waals surface area contributed by atoms with Gasteiger partial charge in [-0.3, -0.25) is 4.79 Å². The molecule has 0 spiro atoms. The summed E-state index contributed by atoms with van der Waals surface area (Å²) in [4.78, 5) is 16.0. The first kappa shape index (κ1) is 19.1. The van der Waals surface area contributed by atoms with E-state index in [9.17, 15) is 4.79 Å². The van der Waals surface area contributed by atoms with Crippen molar-refractivity contribution >= 4 is 35.1 Å². The van der Waals surface area contributed by atoms with Gasteiger partial charge in [0.25, 0.3) is 0 Å². The fraction of sp³-hybridized carbons (Fsp3) is 0.500. The maximum absolute atomic E-state index is 12.9. The number of aromatic nitrogens is 3. The van der Waals surface area contributed by atoms with Crippen LogP contribution in [0.5, 0.6) is 0 Å². The largest absolute Gasteiger partial charge is 0.336 e. The van der Waals surface area contributed by atoms with Gasteiger partial charge in [-0.15, -0.1) is 22.0 Å². The zero-order chi connectivity index (χ0) is 18.9. The summed E-state index contributed by atoms with van der Waals surface area (Å²) in [5.41, 5.74) is 0.804. The smallest absolute Gasteiger partial charge is 0.237 e. The zero-order valence-corrected chi connectivity index (χ0v) is 17.2. The number of nitrogens with two attached hydrogens (primary N) is 1. The maximum atomic E-state index is 12.9. The lowest BCUT2D eigenvalue weighted by molar-refractivity contribution is -0.116. The van der Waals surface area contributed by atoms with Gasteiger partial charge >= 0.3 is 0 Å². The van der Waals surface area contributed by atoms with Crippen LogP contribution in [0.1, 0.15) is 39.9 Å².